The average Bonchev–Trinajstić information content (AvgIpc) is 2.74. The molecular weight excluding hydrogens is 222 g/mol. The molecule has 0 aliphatic heterocycles. The van der Waals surface area contributed by atoms with E-state index in [1.165, 1.54) is 5.56 Å². The van der Waals surface area contributed by atoms with E-state index >= 15 is 0 Å². The van der Waals surface area contributed by atoms with Crippen molar-refractivity contribution in [3.05, 3.63) is 47.5 Å². The lowest BCUT2D eigenvalue weighted by Gasteiger charge is -2.12. The molecule has 1 aromatic carbocycles. The summed E-state index contributed by atoms with van der Waals surface area (Å²) in [5, 5.41) is 8.01. The van der Waals surface area contributed by atoms with Crippen LogP contribution in [0.1, 0.15) is 24.9 Å². The lowest BCUT2D eigenvalue weighted by Crippen LogP contribution is -2.05. The van der Waals surface area contributed by atoms with Crippen LogP contribution in [-0.4, -0.2) is 14.8 Å². The summed E-state index contributed by atoms with van der Waals surface area (Å²) in [6.07, 6.45) is 3.75. The van der Waals surface area contributed by atoms with Crippen molar-refractivity contribution in [2.24, 2.45) is 0 Å². The van der Waals surface area contributed by atoms with E-state index in [1.54, 1.807) is 6.33 Å². The summed E-state index contributed by atoms with van der Waals surface area (Å²) in [7, 11) is 0. The van der Waals surface area contributed by atoms with Crippen LogP contribution in [0.5, 0.6) is 0 Å². The van der Waals surface area contributed by atoms with Crippen LogP contribution < -0.4 is 0 Å². The van der Waals surface area contributed by atoms with Crippen molar-refractivity contribution in [3.8, 4) is 0 Å². The third-order valence-corrected chi connectivity index (χ3v) is 2.97. The van der Waals surface area contributed by atoms with E-state index in [1.807, 2.05) is 10.6 Å². The van der Waals surface area contributed by atoms with E-state index in [2.05, 4.69) is 41.4 Å². The summed E-state index contributed by atoms with van der Waals surface area (Å²) >= 11 is 5.91. The highest BCUT2D eigenvalue weighted by atomic mass is 35.5. The van der Waals surface area contributed by atoms with Gasteiger partial charge in [0.15, 0.2) is 0 Å². The first-order valence-electron chi connectivity index (χ1n) is 5.36. The third kappa shape index (κ3) is 2.61. The van der Waals surface area contributed by atoms with Crippen LogP contribution >= 0.6 is 11.6 Å². The van der Waals surface area contributed by atoms with Crippen LogP contribution in [0.3, 0.4) is 0 Å². The van der Waals surface area contributed by atoms with Gasteiger partial charge in [0.25, 0.3) is 0 Å². The Morgan fingerprint density at radius 1 is 1.31 bits per heavy atom. The summed E-state index contributed by atoms with van der Waals surface area (Å²) < 4.78 is 1.89. The molecule has 1 heterocycles. The average molecular weight is 236 g/mol. The summed E-state index contributed by atoms with van der Waals surface area (Å²) in [5.74, 6) is 0. The first-order valence-corrected chi connectivity index (χ1v) is 5.74. The highest BCUT2D eigenvalue weighted by Crippen LogP contribution is 2.17. The normalized spacial score (nSPS) is 12.6. The van der Waals surface area contributed by atoms with Gasteiger partial charge in [-0.3, -0.25) is 0 Å². The van der Waals surface area contributed by atoms with Gasteiger partial charge in [0.05, 0.1) is 0 Å². The minimum absolute atomic E-state index is 0.322. The van der Waals surface area contributed by atoms with Crippen molar-refractivity contribution in [1.82, 2.24) is 14.8 Å². The molecule has 0 saturated carbocycles. The van der Waals surface area contributed by atoms with Gasteiger partial charge < -0.3 is 4.57 Å². The summed E-state index contributed by atoms with van der Waals surface area (Å²) in [6.45, 7) is 2.12. The van der Waals surface area contributed by atoms with Crippen LogP contribution in [0.25, 0.3) is 0 Å². The van der Waals surface area contributed by atoms with Crippen LogP contribution in [-0.2, 0) is 6.42 Å². The molecule has 0 bridgehead atoms. The fourth-order valence-corrected chi connectivity index (χ4v) is 1.94. The van der Waals surface area contributed by atoms with Crippen molar-refractivity contribution in [3.63, 3.8) is 0 Å². The SMILES string of the molecule is CC(CCc1ccccc1)n1cnnc1Cl. The predicted molar refractivity (Wildman–Crippen MR) is 64.5 cm³/mol. The zero-order chi connectivity index (χ0) is 11.4. The second-order valence-corrected chi connectivity index (χ2v) is 4.22. The minimum atomic E-state index is 0.322. The standard InChI is InChI=1S/C12H14ClN3/c1-10(16-9-14-15-12(16)13)7-8-11-5-3-2-4-6-11/h2-6,9-10H,7-8H2,1H3. The van der Waals surface area contributed by atoms with Gasteiger partial charge in [0, 0.05) is 6.04 Å². The van der Waals surface area contributed by atoms with E-state index in [-0.39, 0.29) is 0 Å². The fraction of sp³-hybridized carbons (Fsp3) is 0.333. The van der Waals surface area contributed by atoms with Gasteiger partial charge >= 0.3 is 0 Å². The maximum Gasteiger partial charge on any atom is 0.225 e. The highest BCUT2D eigenvalue weighted by Gasteiger charge is 2.08. The van der Waals surface area contributed by atoms with Crippen LogP contribution in [0.4, 0.5) is 0 Å². The molecule has 4 heteroatoms. The van der Waals surface area contributed by atoms with Gasteiger partial charge in [-0.05, 0) is 36.9 Å². The molecule has 3 nitrogen and oxygen atoms in total. The third-order valence-electron chi connectivity index (χ3n) is 2.70. The molecule has 2 aromatic rings. The largest absolute Gasteiger partial charge is 0.302 e. The maximum absolute atomic E-state index is 5.91. The van der Waals surface area contributed by atoms with E-state index < -0.39 is 0 Å². The molecule has 0 N–H and O–H groups in total. The second-order valence-electron chi connectivity index (χ2n) is 3.88. The molecule has 0 amide bonds. The lowest BCUT2D eigenvalue weighted by atomic mass is 10.1. The maximum atomic E-state index is 5.91. The molecule has 0 aliphatic carbocycles. The fourth-order valence-electron chi connectivity index (χ4n) is 1.68. The Balaban J connectivity index is 1.94. The lowest BCUT2D eigenvalue weighted by molar-refractivity contribution is 0.506. The molecule has 1 unspecified atom stereocenters. The van der Waals surface area contributed by atoms with Crippen LogP contribution in [0.2, 0.25) is 5.28 Å². The van der Waals surface area contributed by atoms with Gasteiger partial charge in [0.2, 0.25) is 5.28 Å². The molecule has 1 aromatic heterocycles. The Kier molecular flexibility index (Phi) is 3.57. The predicted octanol–water partition coefficient (Wildman–Crippen LogP) is 3.13. The van der Waals surface area contributed by atoms with Crippen molar-refractivity contribution in [2.75, 3.05) is 0 Å². The monoisotopic (exact) mass is 235 g/mol. The van der Waals surface area contributed by atoms with Gasteiger partial charge in [-0.15, -0.1) is 10.2 Å². The number of hydrogen-bond donors (Lipinski definition) is 0. The minimum Gasteiger partial charge on any atom is -0.302 e. The van der Waals surface area contributed by atoms with Gasteiger partial charge in [-0.1, -0.05) is 30.3 Å². The van der Waals surface area contributed by atoms with Gasteiger partial charge in [-0.25, -0.2) is 0 Å². The smallest absolute Gasteiger partial charge is 0.225 e. The molecule has 0 saturated heterocycles. The van der Waals surface area contributed by atoms with E-state index in [0.717, 1.165) is 12.8 Å². The van der Waals surface area contributed by atoms with Crippen LogP contribution in [0.15, 0.2) is 36.7 Å². The number of nitrogens with zero attached hydrogens (tertiary/aromatic N) is 3. The van der Waals surface area contributed by atoms with Crippen molar-refractivity contribution in [1.29, 1.82) is 0 Å². The van der Waals surface area contributed by atoms with Crippen molar-refractivity contribution < 1.29 is 0 Å². The molecule has 1 atom stereocenters. The molecule has 0 aliphatic rings. The van der Waals surface area contributed by atoms with Crippen molar-refractivity contribution >= 4 is 11.6 Å². The number of halogens is 1. The number of aromatic nitrogens is 3. The molecule has 0 radical (unpaired) electrons. The highest BCUT2D eigenvalue weighted by molar-refractivity contribution is 6.28. The van der Waals surface area contributed by atoms with Gasteiger partial charge in [-0.2, -0.15) is 0 Å². The topological polar surface area (TPSA) is 30.7 Å². The van der Waals surface area contributed by atoms with Crippen molar-refractivity contribution in [2.45, 2.75) is 25.8 Å². The Bertz CT molecular complexity index is 439. The first kappa shape index (κ1) is 11.1. The molecule has 0 spiro atoms. The molecule has 16 heavy (non-hydrogen) atoms. The van der Waals surface area contributed by atoms with E-state index in [0.29, 0.717) is 11.3 Å². The number of benzene rings is 1. The summed E-state index contributed by atoms with van der Waals surface area (Å²) in [5.41, 5.74) is 1.35. The zero-order valence-corrected chi connectivity index (χ0v) is 9.93. The quantitative estimate of drug-likeness (QED) is 0.815. The number of hydrogen-bond acceptors (Lipinski definition) is 2. The molecule has 84 valence electrons. The number of rotatable bonds is 4. The van der Waals surface area contributed by atoms with Crippen LogP contribution in [0, 0.1) is 0 Å². The first-order chi connectivity index (χ1) is 7.77. The van der Waals surface area contributed by atoms with E-state index in [9.17, 15) is 0 Å². The summed E-state index contributed by atoms with van der Waals surface area (Å²) in [6, 6.07) is 10.8. The Hall–Kier alpha value is -1.35. The van der Waals surface area contributed by atoms with E-state index in [4.69, 9.17) is 11.6 Å². The molecule has 2 rings (SSSR count). The van der Waals surface area contributed by atoms with Gasteiger partial charge in [0.1, 0.15) is 6.33 Å². The number of aryl methyl sites for hydroxylation is 1. The summed E-state index contributed by atoms with van der Waals surface area (Å²) in [4.78, 5) is 0. The zero-order valence-electron chi connectivity index (χ0n) is 9.18. The molecule has 0 fully saturated rings. The Labute approximate surface area is 100 Å². The second kappa shape index (κ2) is 5.12. The molecular formula is C12H14ClN3. The Morgan fingerprint density at radius 2 is 2.06 bits per heavy atom. The Morgan fingerprint density at radius 3 is 2.69 bits per heavy atom.